The molecule has 0 amide bonds. The van der Waals surface area contributed by atoms with Crippen molar-refractivity contribution in [2.24, 2.45) is 29.1 Å². The van der Waals surface area contributed by atoms with E-state index in [9.17, 15) is 4.79 Å². The Balaban J connectivity index is 1.97. The molecule has 0 N–H and O–H groups in total. The zero-order chi connectivity index (χ0) is 21.2. The van der Waals surface area contributed by atoms with Gasteiger partial charge in [0.05, 0.1) is 5.60 Å². The average Bonchev–Trinajstić information content (AvgIpc) is 3.02. The molecule has 0 aliphatic heterocycles. The summed E-state index contributed by atoms with van der Waals surface area (Å²) < 4.78 is 6.84. The molecular weight excluding hydrogens is 360 g/mol. The van der Waals surface area contributed by atoms with Crippen LogP contribution in [0.5, 0.6) is 0 Å². The van der Waals surface area contributed by atoms with E-state index in [0.717, 1.165) is 31.6 Å². The molecule has 2 fully saturated rings. The second-order valence-electron chi connectivity index (χ2n) is 11.0. The van der Waals surface area contributed by atoms with Crippen molar-refractivity contribution in [1.82, 2.24) is 0 Å². The minimum atomic E-state index is -1.56. The van der Waals surface area contributed by atoms with E-state index >= 15 is 0 Å². The van der Waals surface area contributed by atoms with Crippen molar-refractivity contribution < 1.29 is 9.22 Å². The van der Waals surface area contributed by atoms with Gasteiger partial charge >= 0.3 is 0 Å². The van der Waals surface area contributed by atoms with E-state index in [1.807, 2.05) is 0 Å². The first-order valence-electron chi connectivity index (χ1n) is 12.3. The molecule has 2 saturated carbocycles. The predicted octanol–water partition coefficient (Wildman–Crippen LogP) is 7.62. The molecule has 0 heterocycles. The molecule has 2 rings (SSSR count). The number of Topliss-reactive ketones (excluding diaryl/α,β-unsaturated/α-hetero) is 1. The van der Waals surface area contributed by atoms with Gasteiger partial charge in [-0.2, -0.15) is 0 Å². The van der Waals surface area contributed by atoms with Crippen LogP contribution in [-0.4, -0.2) is 19.7 Å². The second kappa shape index (κ2) is 9.33. The van der Waals surface area contributed by atoms with Gasteiger partial charge < -0.3 is 4.43 Å². The van der Waals surface area contributed by atoms with Crippen LogP contribution in [0.3, 0.4) is 0 Å². The fourth-order valence-corrected chi connectivity index (χ4v) is 9.88. The standard InChI is InChI=1S/C25H48O2Si/c1-9-28(10-2,11-3)27-24(6,7)18-16-19(4)20(5)21-14-15-22-23(26)13-12-17-25(21,22)8/h19-22H,9-18H2,1-8H3/t19-,20+,21?,22?,25+/m0/s1. The summed E-state index contributed by atoms with van der Waals surface area (Å²) in [5.41, 5.74) is 0.259. The normalized spacial score (nSPS) is 30.9. The summed E-state index contributed by atoms with van der Waals surface area (Å²) in [7, 11) is -1.56. The highest BCUT2D eigenvalue weighted by Crippen LogP contribution is 2.57. The Morgan fingerprint density at radius 3 is 2.32 bits per heavy atom. The van der Waals surface area contributed by atoms with Gasteiger partial charge in [-0.05, 0) is 93.7 Å². The molecular formula is C25H48O2Si. The smallest absolute Gasteiger partial charge is 0.192 e. The Morgan fingerprint density at radius 1 is 1.14 bits per heavy atom. The molecule has 164 valence electrons. The molecule has 2 nitrogen and oxygen atoms in total. The number of carbonyl (C=O) groups excluding carboxylic acids is 1. The van der Waals surface area contributed by atoms with E-state index in [1.54, 1.807) is 0 Å². The van der Waals surface area contributed by atoms with Crippen LogP contribution >= 0.6 is 0 Å². The molecule has 28 heavy (non-hydrogen) atoms. The number of ketones is 1. The number of rotatable bonds is 10. The van der Waals surface area contributed by atoms with Gasteiger partial charge in [0.25, 0.3) is 0 Å². The molecule has 0 saturated heterocycles. The zero-order valence-corrected chi connectivity index (χ0v) is 21.2. The fraction of sp³-hybridized carbons (Fsp3) is 0.960. The van der Waals surface area contributed by atoms with Crippen molar-refractivity contribution in [2.75, 3.05) is 0 Å². The maximum absolute atomic E-state index is 12.5. The van der Waals surface area contributed by atoms with Crippen LogP contribution in [0.15, 0.2) is 0 Å². The van der Waals surface area contributed by atoms with E-state index in [0.29, 0.717) is 23.5 Å². The van der Waals surface area contributed by atoms with Crippen molar-refractivity contribution in [2.45, 2.75) is 124 Å². The molecule has 2 unspecified atom stereocenters. The lowest BCUT2D eigenvalue weighted by Gasteiger charge is -2.44. The topological polar surface area (TPSA) is 26.3 Å². The van der Waals surface area contributed by atoms with Gasteiger partial charge in [-0.3, -0.25) is 4.79 Å². The molecule has 0 bridgehead atoms. The summed E-state index contributed by atoms with van der Waals surface area (Å²) in [5.74, 6) is 3.02. The SMILES string of the molecule is CC[Si](CC)(CC)OC(C)(C)CC[C@H](C)[C@@H](C)C1CCC2C(=O)CCC[C@@]21C. The van der Waals surface area contributed by atoms with E-state index in [-0.39, 0.29) is 11.0 Å². The van der Waals surface area contributed by atoms with Gasteiger partial charge in [-0.25, -0.2) is 0 Å². The molecule has 5 atom stereocenters. The van der Waals surface area contributed by atoms with Gasteiger partial charge in [0.2, 0.25) is 0 Å². The Kier molecular flexibility index (Phi) is 8.04. The molecule has 2 aliphatic carbocycles. The highest BCUT2D eigenvalue weighted by Gasteiger charge is 2.52. The maximum atomic E-state index is 12.5. The number of carbonyl (C=O) groups is 1. The van der Waals surface area contributed by atoms with Crippen LogP contribution in [0.25, 0.3) is 0 Å². The summed E-state index contributed by atoms with van der Waals surface area (Å²) in [6.07, 6.45) is 8.00. The average molecular weight is 409 g/mol. The largest absolute Gasteiger partial charge is 0.412 e. The Labute approximate surface area is 176 Å². The maximum Gasteiger partial charge on any atom is 0.192 e. The molecule has 0 aromatic rings. The van der Waals surface area contributed by atoms with Gasteiger partial charge in [-0.15, -0.1) is 0 Å². The molecule has 0 aromatic carbocycles. The molecule has 2 aliphatic rings. The van der Waals surface area contributed by atoms with Crippen LogP contribution in [-0.2, 0) is 9.22 Å². The third-order valence-corrected chi connectivity index (χ3v) is 13.9. The molecule has 0 radical (unpaired) electrons. The summed E-state index contributed by atoms with van der Waals surface area (Å²) >= 11 is 0. The number of fused-ring (bicyclic) bond motifs is 1. The first-order valence-corrected chi connectivity index (χ1v) is 14.8. The van der Waals surface area contributed by atoms with Crippen LogP contribution in [0.2, 0.25) is 18.1 Å². The molecule has 0 aromatic heterocycles. The van der Waals surface area contributed by atoms with Gasteiger partial charge in [0.1, 0.15) is 5.78 Å². The lowest BCUT2D eigenvalue weighted by molar-refractivity contribution is -0.130. The molecule has 0 spiro atoms. The fourth-order valence-electron chi connectivity index (χ4n) is 6.67. The summed E-state index contributed by atoms with van der Waals surface area (Å²) in [5, 5.41) is 0. The quantitative estimate of drug-likeness (QED) is 0.347. The van der Waals surface area contributed by atoms with Crippen molar-refractivity contribution in [3.05, 3.63) is 0 Å². The lowest BCUT2D eigenvalue weighted by Crippen LogP contribution is -2.44. The van der Waals surface area contributed by atoms with Crippen molar-refractivity contribution in [3.63, 3.8) is 0 Å². The van der Waals surface area contributed by atoms with Crippen molar-refractivity contribution in [3.8, 4) is 0 Å². The Bertz CT molecular complexity index is 516. The van der Waals surface area contributed by atoms with Crippen molar-refractivity contribution >= 4 is 14.1 Å². The number of hydrogen-bond acceptors (Lipinski definition) is 2. The lowest BCUT2D eigenvalue weighted by atomic mass is 9.60. The predicted molar refractivity (Wildman–Crippen MR) is 123 cm³/mol. The Hall–Kier alpha value is -0.153. The van der Waals surface area contributed by atoms with E-state index in [1.165, 1.54) is 37.4 Å². The zero-order valence-electron chi connectivity index (χ0n) is 20.2. The summed E-state index contributed by atoms with van der Waals surface area (Å²) in [6.45, 7) is 19.0. The third kappa shape index (κ3) is 4.94. The first-order chi connectivity index (χ1) is 13.0. The number of hydrogen-bond donors (Lipinski definition) is 0. The third-order valence-electron chi connectivity index (χ3n) is 9.10. The molecule has 3 heteroatoms. The van der Waals surface area contributed by atoms with E-state index in [2.05, 4.69) is 55.4 Å². The minimum absolute atomic E-state index is 0.00878. The van der Waals surface area contributed by atoms with Gasteiger partial charge in [0.15, 0.2) is 8.32 Å². The van der Waals surface area contributed by atoms with E-state index in [4.69, 9.17) is 4.43 Å². The van der Waals surface area contributed by atoms with Crippen LogP contribution in [0.1, 0.15) is 100 Å². The Morgan fingerprint density at radius 2 is 1.75 bits per heavy atom. The van der Waals surface area contributed by atoms with Crippen LogP contribution in [0.4, 0.5) is 0 Å². The monoisotopic (exact) mass is 408 g/mol. The van der Waals surface area contributed by atoms with Crippen LogP contribution in [0, 0.1) is 29.1 Å². The van der Waals surface area contributed by atoms with Crippen molar-refractivity contribution in [1.29, 1.82) is 0 Å². The summed E-state index contributed by atoms with van der Waals surface area (Å²) in [4.78, 5) is 12.5. The van der Waals surface area contributed by atoms with E-state index < -0.39 is 8.32 Å². The van der Waals surface area contributed by atoms with Gasteiger partial charge in [0, 0.05) is 12.3 Å². The van der Waals surface area contributed by atoms with Gasteiger partial charge in [-0.1, -0.05) is 41.5 Å². The highest BCUT2D eigenvalue weighted by atomic mass is 28.4. The summed E-state index contributed by atoms with van der Waals surface area (Å²) in [6, 6.07) is 3.68. The second-order valence-corrected chi connectivity index (χ2v) is 15.7. The minimum Gasteiger partial charge on any atom is -0.412 e. The first kappa shape index (κ1) is 24.1. The highest BCUT2D eigenvalue weighted by molar-refractivity contribution is 6.73. The van der Waals surface area contributed by atoms with Crippen LogP contribution < -0.4 is 0 Å².